The SMILES string of the molecule is COc1ccccc1C(=O)N1CCC2(CC1)SCCN2C(=O)c1cccs1. The molecule has 3 heterocycles. The molecule has 27 heavy (non-hydrogen) atoms. The number of thioether (sulfide) groups is 1. The number of para-hydroxylation sites is 1. The average Bonchev–Trinajstić information content (AvgIpc) is 3.38. The second-order valence-corrected chi connectivity index (χ2v) is 9.13. The minimum Gasteiger partial charge on any atom is -0.496 e. The lowest BCUT2D eigenvalue weighted by Crippen LogP contribution is -2.53. The van der Waals surface area contributed by atoms with E-state index < -0.39 is 0 Å². The zero-order valence-electron chi connectivity index (χ0n) is 15.2. The summed E-state index contributed by atoms with van der Waals surface area (Å²) < 4.78 is 5.34. The van der Waals surface area contributed by atoms with Gasteiger partial charge in [0, 0.05) is 25.4 Å². The number of hydrogen-bond acceptors (Lipinski definition) is 5. The number of hydrogen-bond donors (Lipinski definition) is 0. The Hall–Kier alpha value is -1.99. The Morgan fingerprint density at radius 1 is 1.04 bits per heavy atom. The average molecular weight is 403 g/mol. The summed E-state index contributed by atoms with van der Waals surface area (Å²) in [6.45, 7) is 2.08. The third-order valence-corrected chi connectivity index (χ3v) is 7.73. The van der Waals surface area contributed by atoms with Gasteiger partial charge in [0.25, 0.3) is 11.8 Å². The second-order valence-electron chi connectivity index (χ2n) is 6.72. The zero-order valence-corrected chi connectivity index (χ0v) is 16.9. The van der Waals surface area contributed by atoms with Gasteiger partial charge in [-0.15, -0.1) is 23.1 Å². The summed E-state index contributed by atoms with van der Waals surface area (Å²) >= 11 is 3.36. The largest absolute Gasteiger partial charge is 0.496 e. The fourth-order valence-corrected chi connectivity index (χ4v) is 6.02. The van der Waals surface area contributed by atoms with Gasteiger partial charge in [0.15, 0.2) is 0 Å². The van der Waals surface area contributed by atoms with Gasteiger partial charge < -0.3 is 14.5 Å². The Morgan fingerprint density at radius 2 is 1.81 bits per heavy atom. The summed E-state index contributed by atoms with van der Waals surface area (Å²) in [7, 11) is 1.58. The minimum atomic E-state index is -0.182. The van der Waals surface area contributed by atoms with Gasteiger partial charge in [-0.05, 0) is 36.4 Å². The Kier molecular flexibility index (Phi) is 5.14. The van der Waals surface area contributed by atoms with E-state index in [1.165, 1.54) is 11.3 Å². The van der Waals surface area contributed by atoms with Crippen LogP contribution in [-0.4, -0.2) is 59.0 Å². The minimum absolute atomic E-state index is 0.00132. The first-order chi connectivity index (χ1) is 13.1. The van der Waals surface area contributed by atoms with Crippen molar-refractivity contribution in [2.75, 3.05) is 32.5 Å². The van der Waals surface area contributed by atoms with Crippen molar-refractivity contribution >= 4 is 34.9 Å². The summed E-state index contributed by atoms with van der Waals surface area (Å²) in [5.41, 5.74) is 0.599. The lowest BCUT2D eigenvalue weighted by Gasteiger charge is -2.44. The van der Waals surface area contributed by atoms with Crippen LogP contribution in [0.2, 0.25) is 0 Å². The number of carbonyl (C=O) groups excluding carboxylic acids is 2. The molecule has 7 heteroatoms. The first-order valence-electron chi connectivity index (χ1n) is 9.06. The maximum atomic E-state index is 12.9. The molecule has 2 amide bonds. The molecule has 0 radical (unpaired) electrons. The first kappa shape index (κ1) is 18.4. The summed E-state index contributed by atoms with van der Waals surface area (Å²) in [5.74, 6) is 1.69. The van der Waals surface area contributed by atoms with Crippen molar-refractivity contribution in [3.63, 3.8) is 0 Å². The van der Waals surface area contributed by atoms with Gasteiger partial charge in [-0.3, -0.25) is 9.59 Å². The lowest BCUT2D eigenvalue weighted by molar-refractivity contribution is 0.0499. The van der Waals surface area contributed by atoms with Gasteiger partial charge in [0.05, 0.1) is 22.4 Å². The van der Waals surface area contributed by atoms with Crippen LogP contribution >= 0.6 is 23.1 Å². The van der Waals surface area contributed by atoms with E-state index in [-0.39, 0.29) is 16.7 Å². The molecule has 2 aliphatic heterocycles. The molecule has 0 N–H and O–H groups in total. The molecular weight excluding hydrogens is 380 g/mol. The Bertz CT molecular complexity index is 830. The molecule has 2 aromatic rings. The molecule has 1 aromatic carbocycles. The fourth-order valence-electron chi connectivity index (χ4n) is 3.89. The van der Waals surface area contributed by atoms with E-state index in [4.69, 9.17) is 4.74 Å². The number of nitrogens with zero attached hydrogens (tertiary/aromatic N) is 2. The lowest BCUT2D eigenvalue weighted by atomic mass is 10.0. The molecule has 142 valence electrons. The van der Waals surface area contributed by atoms with Gasteiger partial charge >= 0.3 is 0 Å². The molecule has 0 bridgehead atoms. The summed E-state index contributed by atoms with van der Waals surface area (Å²) in [6.07, 6.45) is 1.60. The van der Waals surface area contributed by atoms with Crippen molar-refractivity contribution in [2.45, 2.75) is 17.7 Å². The van der Waals surface area contributed by atoms with Gasteiger partial charge in [-0.1, -0.05) is 18.2 Å². The van der Waals surface area contributed by atoms with Gasteiger partial charge in [0.1, 0.15) is 5.75 Å². The molecule has 5 nitrogen and oxygen atoms in total. The Labute approximate surface area is 167 Å². The standard InChI is InChI=1S/C20H22N2O3S2/c1-25-16-6-3-2-5-15(16)18(23)21-10-8-20(9-11-21)22(12-14-27-20)19(24)17-7-4-13-26-17/h2-7,13H,8-12,14H2,1H3. The van der Waals surface area contributed by atoms with E-state index in [0.717, 1.165) is 30.0 Å². The zero-order chi connectivity index (χ0) is 18.9. The number of amides is 2. The molecule has 4 rings (SSSR count). The number of carbonyl (C=O) groups is 2. The molecule has 1 spiro atoms. The van der Waals surface area contributed by atoms with Crippen LogP contribution in [0.4, 0.5) is 0 Å². The number of likely N-dealkylation sites (tertiary alicyclic amines) is 1. The van der Waals surface area contributed by atoms with Crippen molar-refractivity contribution in [1.82, 2.24) is 9.80 Å². The fraction of sp³-hybridized carbons (Fsp3) is 0.400. The van der Waals surface area contributed by atoms with Crippen molar-refractivity contribution in [3.8, 4) is 5.75 Å². The first-order valence-corrected chi connectivity index (χ1v) is 10.9. The van der Waals surface area contributed by atoms with Crippen LogP contribution in [0.1, 0.15) is 32.9 Å². The molecule has 0 aliphatic carbocycles. The van der Waals surface area contributed by atoms with Crippen molar-refractivity contribution in [1.29, 1.82) is 0 Å². The Balaban J connectivity index is 1.48. The summed E-state index contributed by atoms with van der Waals surface area (Å²) in [6, 6.07) is 11.2. The van der Waals surface area contributed by atoms with Gasteiger partial charge in [-0.2, -0.15) is 0 Å². The van der Waals surface area contributed by atoms with E-state index in [1.54, 1.807) is 7.11 Å². The molecule has 0 saturated carbocycles. The number of ether oxygens (including phenoxy) is 1. The summed E-state index contributed by atoms with van der Waals surface area (Å²) in [4.78, 5) is 30.4. The maximum absolute atomic E-state index is 12.9. The highest BCUT2D eigenvalue weighted by atomic mass is 32.2. The predicted molar refractivity (Wildman–Crippen MR) is 109 cm³/mol. The smallest absolute Gasteiger partial charge is 0.265 e. The molecule has 0 atom stereocenters. The number of methoxy groups -OCH3 is 1. The van der Waals surface area contributed by atoms with E-state index in [9.17, 15) is 9.59 Å². The molecular formula is C20H22N2O3S2. The molecule has 2 aliphatic rings. The van der Waals surface area contributed by atoms with E-state index in [1.807, 2.05) is 63.3 Å². The van der Waals surface area contributed by atoms with Crippen LogP contribution in [-0.2, 0) is 0 Å². The number of benzene rings is 1. The van der Waals surface area contributed by atoms with Gasteiger partial charge in [-0.25, -0.2) is 0 Å². The van der Waals surface area contributed by atoms with Gasteiger partial charge in [0.2, 0.25) is 0 Å². The molecule has 2 saturated heterocycles. The maximum Gasteiger partial charge on any atom is 0.265 e. The normalized spacial score (nSPS) is 18.7. The van der Waals surface area contributed by atoms with Crippen LogP contribution in [0.15, 0.2) is 41.8 Å². The van der Waals surface area contributed by atoms with Crippen LogP contribution < -0.4 is 4.74 Å². The highest BCUT2D eigenvalue weighted by molar-refractivity contribution is 8.00. The van der Waals surface area contributed by atoms with Crippen molar-refractivity contribution in [3.05, 3.63) is 52.2 Å². The Morgan fingerprint density at radius 3 is 2.52 bits per heavy atom. The van der Waals surface area contributed by atoms with Crippen LogP contribution in [0.3, 0.4) is 0 Å². The monoisotopic (exact) mass is 402 g/mol. The van der Waals surface area contributed by atoms with Crippen LogP contribution in [0.5, 0.6) is 5.75 Å². The highest BCUT2D eigenvalue weighted by Gasteiger charge is 2.47. The molecule has 2 fully saturated rings. The third-order valence-electron chi connectivity index (χ3n) is 5.32. The summed E-state index contributed by atoms with van der Waals surface area (Å²) in [5, 5.41) is 1.94. The van der Waals surface area contributed by atoms with Crippen LogP contribution in [0.25, 0.3) is 0 Å². The van der Waals surface area contributed by atoms with Crippen molar-refractivity contribution in [2.24, 2.45) is 0 Å². The number of piperidine rings is 1. The van der Waals surface area contributed by atoms with E-state index in [0.29, 0.717) is 24.4 Å². The second kappa shape index (κ2) is 7.56. The number of thiophene rings is 1. The third kappa shape index (κ3) is 3.34. The van der Waals surface area contributed by atoms with Crippen LogP contribution in [0, 0.1) is 0 Å². The molecule has 0 unspecified atom stereocenters. The predicted octanol–water partition coefficient (Wildman–Crippen LogP) is 3.58. The number of rotatable bonds is 3. The quantitative estimate of drug-likeness (QED) is 0.787. The topological polar surface area (TPSA) is 49.9 Å². The van der Waals surface area contributed by atoms with Crippen molar-refractivity contribution < 1.29 is 14.3 Å². The van der Waals surface area contributed by atoms with E-state index >= 15 is 0 Å². The molecule has 1 aromatic heterocycles. The highest BCUT2D eigenvalue weighted by Crippen LogP contribution is 2.45. The van der Waals surface area contributed by atoms with E-state index in [2.05, 4.69) is 0 Å².